The largest absolute Gasteiger partial charge is 0.478 e. The van der Waals surface area contributed by atoms with E-state index < -0.39 is 40.8 Å². The van der Waals surface area contributed by atoms with Gasteiger partial charge in [-0.2, -0.15) is 13.2 Å². The molecule has 0 aliphatic carbocycles. The third-order valence-electron chi connectivity index (χ3n) is 3.43. The molecule has 2 N–H and O–H groups in total. The van der Waals surface area contributed by atoms with Gasteiger partial charge in [0.1, 0.15) is 11.9 Å². The maximum atomic E-state index is 13.1. The standard InChI is InChI=1S/C16H12F4O3/c1-8-6-10(17)3-5-11(8)14(21)13-7-9(16(18,19)20)2-4-12(13)15(22)23/h2-7,14,21H,1H3,(H,22,23). The molecular formula is C16H12F4O3. The Bertz CT molecular complexity index is 753. The van der Waals surface area contributed by atoms with E-state index in [9.17, 15) is 27.5 Å². The number of carboxylic acid groups (broad SMARTS) is 1. The molecule has 0 radical (unpaired) electrons. The first-order valence-corrected chi connectivity index (χ1v) is 6.50. The highest BCUT2D eigenvalue weighted by molar-refractivity contribution is 5.89. The van der Waals surface area contributed by atoms with Crippen molar-refractivity contribution in [3.8, 4) is 0 Å². The predicted molar refractivity (Wildman–Crippen MR) is 73.6 cm³/mol. The van der Waals surface area contributed by atoms with Gasteiger partial charge in [-0.3, -0.25) is 0 Å². The molecule has 0 saturated carbocycles. The minimum Gasteiger partial charge on any atom is -0.478 e. The summed E-state index contributed by atoms with van der Waals surface area (Å²) in [5.74, 6) is -2.03. The van der Waals surface area contributed by atoms with Gasteiger partial charge in [0, 0.05) is 5.56 Å². The lowest BCUT2D eigenvalue weighted by atomic mass is 9.92. The predicted octanol–water partition coefficient (Wildman–Crippen LogP) is 3.93. The van der Waals surface area contributed by atoms with Crippen molar-refractivity contribution in [3.05, 3.63) is 70.0 Å². The van der Waals surface area contributed by atoms with E-state index in [1.807, 2.05) is 0 Å². The molecule has 2 aromatic rings. The van der Waals surface area contributed by atoms with Crippen molar-refractivity contribution < 1.29 is 32.6 Å². The number of aryl methyl sites for hydroxylation is 1. The van der Waals surface area contributed by atoms with Crippen LogP contribution in [0.25, 0.3) is 0 Å². The van der Waals surface area contributed by atoms with Crippen LogP contribution in [0.5, 0.6) is 0 Å². The molecule has 23 heavy (non-hydrogen) atoms. The number of aromatic carboxylic acids is 1. The number of carbonyl (C=O) groups is 1. The summed E-state index contributed by atoms with van der Waals surface area (Å²) in [4.78, 5) is 11.2. The first-order chi connectivity index (χ1) is 10.6. The smallest absolute Gasteiger partial charge is 0.416 e. The molecule has 3 nitrogen and oxygen atoms in total. The highest BCUT2D eigenvalue weighted by Crippen LogP contribution is 2.34. The van der Waals surface area contributed by atoms with Gasteiger partial charge in [0.05, 0.1) is 11.1 Å². The third kappa shape index (κ3) is 3.50. The number of halogens is 4. The normalized spacial score (nSPS) is 13.0. The van der Waals surface area contributed by atoms with Crippen LogP contribution in [0.1, 0.15) is 38.7 Å². The topological polar surface area (TPSA) is 57.5 Å². The molecule has 122 valence electrons. The number of aliphatic hydroxyl groups excluding tert-OH is 1. The molecule has 0 aliphatic rings. The lowest BCUT2D eigenvalue weighted by Gasteiger charge is -2.18. The average Bonchev–Trinajstić information content (AvgIpc) is 2.45. The molecule has 0 spiro atoms. The second-order valence-corrected chi connectivity index (χ2v) is 5.01. The van der Waals surface area contributed by atoms with E-state index in [1.54, 1.807) is 0 Å². The first-order valence-electron chi connectivity index (χ1n) is 6.50. The SMILES string of the molecule is Cc1cc(F)ccc1C(O)c1cc(C(F)(F)F)ccc1C(=O)O. The van der Waals surface area contributed by atoms with Crippen LogP contribution >= 0.6 is 0 Å². The van der Waals surface area contributed by atoms with Gasteiger partial charge >= 0.3 is 12.1 Å². The van der Waals surface area contributed by atoms with Crippen molar-refractivity contribution in [2.75, 3.05) is 0 Å². The Morgan fingerprint density at radius 2 is 1.74 bits per heavy atom. The zero-order valence-corrected chi connectivity index (χ0v) is 11.9. The Morgan fingerprint density at radius 1 is 1.09 bits per heavy atom. The lowest BCUT2D eigenvalue weighted by molar-refractivity contribution is -0.137. The molecule has 0 aromatic heterocycles. The van der Waals surface area contributed by atoms with E-state index in [4.69, 9.17) is 5.11 Å². The zero-order chi connectivity index (χ0) is 17.4. The molecule has 0 amide bonds. The van der Waals surface area contributed by atoms with Gasteiger partial charge in [0.2, 0.25) is 0 Å². The number of hydrogen-bond acceptors (Lipinski definition) is 2. The second kappa shape index (κ2) is 6.00. The van der Waals surface area contributed by atoms with Gasteiger partial charge in [-0.15, -0.1) is 0 Å². The first kappa shape index (κ1) is 17.0. The molecule has 2 aromatic carbocycles. The van der Waals surface area contributed by atoms with Gasteiger partial charge in [-0.25, -0.2) is 9.18 Å². The summed E-state index contributed by atoms with van der Waals surface area (Å²) in [6, 6.07) is 5.38. The Kier molecular flexibility index (Phi) is 4.42. The number of aliphatic hydroxyl groups is 1. The van der Waals surface area contributed by atoms with E-state index in [2.05, 4.69) is 0 Å². The molecule has 0 fully saturated rings. The van der Waals surface area contributed by atoms with E-state index in [1.165, 1.54) is 13.0 Å². The van der Waals surface area contributed by atoms with Crippen LogP contribution in [-0.2, 0) is 6.18 Å². The van der Waals surface area contributed by atoms with Gasteiger partial charge < -0.3 is 10.2 Å². The molecular weight excluding hydrogens is 316 g/mol. The quantitative estimate of drug-likeness (QED) is 0.839. The maximum absolute atomic E-state index is 13.1. The molecule has 0 saturated heterocycles. The van der Waals surface area contributed by atoms with Crippen molar-refractivity contribution in [3.63, 3.8) is 0 Å². The van der Waals surface area contributed by atoms with E-state index in [-0.39, 0.29) is 5.56 Å². The zero-order valence-electron chi connectivity index (χ0n) is 11.9. The van der Waals surface area contributed by atoms with Crippen LogP contribution in [0.15, 0.2) is 36.4 Å². The summed E-state index contributed by atoms with van der Waals surface area (Å²) in [5, 5.41) is 19.4. The Morgan fingerprint density at radius 3 is 2.26 bits per heavy atom. The van der Waals surface area contributed by atoms with Crippen LogP contribution < -0.4 is 0 Å². The summed E-state index contributed by atoms with van der Waals surface area (Å²) in [6.45, 7) is 1.47. The highest BCUT2D eigenvalue weighted by Gasteiger charge is 2.32. The summed E-state index contributed by atoms with van der Waals surface area (Å²) < 4.78 is 51.6. The second-order valence-electron chi connectivity index (χ2n) is 5.01. The van der Waals surface area contributed by atoms with Crippen molar-refractivity contribution >= 4 is 5.97 Å². The van der Waals surface area contributed by atoms with Gasteiger partial charge in [0.15, 0.2) is 0 Å². The number of carboxylic acids is 1. The molecule has 0 aliphatic heterocycles. The minimum absolute atomic E-state index is 0.133. The summed E-state index contributed by atoms with van der Waals surface area (Å²) in [7, 11) is 0. The molecule has 2 rings (SSSR count). The molecule has 1 unspecified atom stereocenters. The molecule has 0 heterocycles. The monoisotopic (exact) mass is 328 g/mol. The van der Waals surface area contributed by atoms with Crippen molar-refractivity contribution in [1.29, 1.82) is 0 Å². The van der Waals surface area contributed by atoms with Crippen molar-refractivity contribution in [1.82, 2.24) is 0 Å². The fourth-order valence-corrected chi connectivity index (χ4v) is 2.27. The van der Waals surface area contributed by atoms with Gasteiger partial charge in [0.25, 0.3) is 0 Å². The lowest BCUT2D eigenvalue weighted by Crippen LogP contribution is -2.13. The highest BCUT2D eigenvalue weighted by atomic mass is 19.4. The third-order valence-corrected chi connectivity index (χ3v) is 3.43. The van der Waals surface area contributed by atoms with E-state index >= 15 is 0 Å². The Balaban J connectivity index is 2.61. The maximum Gasteiger partial charge on any atom is 0.416 e. The summed E-state index contributed by atoms with van der Waals surface area (Å²) >= 11 is 0. The average molecular weight is 328 g/mol. The Hall–Kier alpha value is -2.41. The van der Waals surface area contributed by atoms with Crippen LogP contribution in [0.2, 0.25) is 0 Å². The number of benzene rings is 2. The number of rotatable bonds is 3. The van der Waals surface area contributed by atoms with Gasteiger partial charge in [-0.05, 0) is 48.4 Å². The number of alkyl halides is 3. The fraction of sp³-hybridized carbons (Fsp3) is 0.188. The molecule has 0 bridgehead atoms. The van der Waals surface area contributed by atoms with Gasteiger partial charge in [-0.1, -0.05) is 6.07 Å². The summed E-state index contributed by atoms with van der Waals surface area (Å²) in [6.07, 6.45) is -6.30. The number of hydrogen-bond donors (Lipinski definition) is 2. The Labute approximate surface area is 128 Å². The summed E-state index contributed by atoms with van der Waals surface area (Å²) in [5.41, 5.74) is -1.49. The van der Waals surface area contributed by atoms with E-state index in [0.717, 1.165) is 18.2 Å². The van der Waals surface area contributed by atoms with Crippen LogP contribution in [-0.4, -0.2) is 16.2 Å². The van der Waals surface area contributed by atoms with Crippen molar-refractivity contribution in [2.45, 2.75) is 19.2 Å². The fourth-order valence-electron chi connectivity index (χ4n) is 2.27. The van der Waals surface area contributed by atoms with Crippen LogP contribution in [0.4, 0.5) is 17.6 Å². The minimum atomic E-state index is -4.68. The van der Waals surface area contributed by atoms with Crippen LogP contribution in [0.3, 0.4) is 0 Å². The van der Waals surface area contributed by atoms with Crippen molar-refractivity contribution in [2.24, 2.45) is 0 Å². The molecule has 1 atom stereocenters. The van der Waals surface area contributed by atoms with Crippen LogP contribution in [0, 0.1) is 12.7 Å². The molecule has 7 heteroatoms. The van der Waals surface area contributed by atoms with E-state index in [0.29, 0.717) is 17.7 Å².